The van der Waals surface area contributed by atoms with Crippen molar-refractivity contribution in [3.63, 3.8) is 0 Å². The number of nitrogens with zero attached hydrogens (tertiary/aromatic N) is 4. The highest BCUT2D eigenvalue weighted by molar-refractivity contribution is 7.07. The van der Waals surface area contributed by atoms with Crippen molar-refractivity contribution in [3.8, 4) is 17.0 Å². The van der Waals surface area contributed by atoms with Crippen LogP contribution in [0.1, 0.15) is 36.8 Å². The van der Waals surface area contributed by atoms with Crippen LogP contribution in [-0.4, -0.2) is 30.6 Å². The van der Waals surface area contributed by atoms with Crippen LogP contribution >= 0.6 is 11.3 Å². The lowest BCUT2D eigenvalue weighted by atomic mass is 10.1. The Balaban J connectivity index is 1.22. The van der Waals surface area contributed by atoms with Gasteiger partial charge in [0, 0.05) is 34.9 Å². The molecule has 3 aromatic heterocycles. The molecule has 0 bridgehead atoms. The quantitative estimate of drug-likeness (QED) is 0.212. The van der Waals surface area contributed by atoms with E-state index in [9.17, 15) is 9.90 Å². The summed E-state index contributed by atoms with van der Waals surface area (Å²) in [5, 5.41) is 13.1. The molecule has 2 atom stereocenters. The lowest BCUT2D eigenvalue weighted by Crippen LogP contribution is -2.07. The molecule has 0 aliphatic heterocycles. The fourth-order valence-electron chi connectivity index (χ4n) is 5.91. The van der Waals surface area contributed by atoms with Gasteiger partial charge in [-0.3, -0.25) is 4.79 Å². The standard InChI is InChI=1S/C33H28N4O3S/c1-33(2)29(30(33)32(38)39)31-36-26-15-24(40-17-23-11-10-21-7-3-4-9-25(21)35-23)12-13-28(26)37(31)16-20-6-5-8-22(14-20)27-18-41-19-34-27/h3-15,18-19,29-30H,16-17H2,1-2H3,(H,38,39)/t29-,30+/m1/s1. The number of carboxylic acid groups (broad SMARTS) is 1. The second-order valence-corrected chi connectivity index (χ2v) is 11.9. The second-order valence-electron chi connectivity index (χ2n) is 11.2. The number of benzene rings is 3. The van der Waals surface area contributed by atoms with E-state index in [2.05, 4.69) is 33.8 Å². The van der Waals surface area contributed by atoms with Crippen molar-refractivity contribution in [1.29, 1.82) is 0 Å². The third-order valence-electron chi connectivity index (χ3n) is 8.16. The van der Waals surface area contributed by atoms with E-state index in [-0.39, 0.29) is 11.3 Å². The van der Waals surface area contributed by atoms with Gasteiger partial charge in [-0.05, 0) is 41.3 Å². The Morgan fingerprint density at radius 1 is 1.00 bits per heavy atom. The van der Waals surface area contributed by atoms with Crippen molar-refractivity contribution in [1.82, 2.24) is 19.5 Å². The summed E-state index contributed by atoms with van der Waals surface area (Å²) in [6, 6.07) is 26.3. The number of rotatable bonds is 8. The number of hydrogen-bond acceptors (Lipinski definition) is 6. The van der Waals surface area contributed by atoms with E-state index in [0.717, 1.165) is 50.3 Å². The van der Waals surface area contributed by atoms with Gasteiger partial charge in [0.25, 0.3) is 0 Å². The Kier molecular flexibility index (Phi) is 6.08. The molecule has 41 heavy (non-hydrogen) atoms. The molecule has 1 N–H and O–H groups in total. The predicted molar refractivity (Wildman–Crippen MR) is 160 cm³/mol. The summed E-state index contributed by atoms with van der Waals surface area (Å²) in [6.07, 6.45) is 0. The zero-order chi connectivity index (χ0) is 28.1. The first-order chi connectivity index (χ1) is 19.9. The number of ether oxygens (including phenoxy) is 1. The number of carbonyl (C=O) groups is 1. The Bertz CT molecular complexity index is 1910. The lowest BCUT2D eigenvalue weighted by molar-refractivity contribution is -0.139. The largest absolute Gasteiger partial charge is 0.487 e. The number of para-hydroxylation sites is 1. The molecule has 6 aromatic rings. The Hall–Kier alpha value is -4.56. The van der Waals surface area contributed by atoms with Gasteiger partial charge in [-0.15, -0.1) is 11.3 Å². The van der Waals surface area contributed by atoms with Gasteiger partial charge in [-0.1, -0.05) is 56.3 Å². The van der Waals surface area contributed by atoms with Crippen molar-refractivity contribution >= 4 is 39.2 Å². The third kappa shape index (κ3) is 4.64. The summed E-state index contributed by atoms with van der Waals surface area (Å²) in [5.41, 5.74) is 8.07. The second kappa shape index (κ2) is 9.82. The minimum absolute atomic E-state index is 0.180. The maximum absolute atomic E-state index is 12.1. The monoisotopic (exact) mass is 560 g/mol. The van der Waals surface area contributed by atoms with E-state index in [1.807, 2.05) is 79.3 Å². The molecular formula is C33H28N4O3S. The number of carboxylic acids is 1. The summed E-state index contributed by atoms with van der Waals surface area (Å²) < 4.78 is 8.30. The number of aliphatic carboxylic acids is 1. The maximum Gasteiger partial charge on any atom is 0.307 e. The first-order valence-electron chi connectivity index (χ1n) is 13.6. The van der Waals surface area contributed by atoms with Gasteiger partial charge in [0.2, 0.25) is 0 Å². The summed E-state index contributed by atoms with van der Waals surface area (Å²) >= 11 is 1.57. The van der Waals surface area contributed by atoms with Gasteiger partial charge in [-0.25, -0.2) is 15.0 Å². The van der Waals surface area contributed by atoms with Crippen molar-refractivity contribution in [2.75, 3.05) is 0 Å². The molecule has 1 aliphatic rings. The van der Waals surface area contributed by atoms with Crippen LogP contribution < -0.4 is 4.74 Å². The minimum Gasteiger partial charge on any atom is -0.487 e. The molecule has 204 valence electrons. The first kappa shape index (κ1) is 25.4. The smallest absolute Gasteiger partial charge is 0.307 e. The number of hydrogen-bond donors (Lipinski definition) is 1. The molecule has 0 spiro atoms. The van der Waals surface area contributed by atoms with Crippen LogP contribution in [0.25, 0.3) is 33.2 Å². The summed E-state index contributed by atoms with van der Waals surface area (Å²) in [4.78, 5) is 26.3. The highest BCUT2D eigenvalue weighted by Gasteiger charge is 2.64. The van der Waals surface area contributed by atoms with Crippen LogP contribution in [0.5, 0.6) is 5.75 Å². The molecule has 1 fully saturated rings. The minimum atomic E-state index is -0.781. The number of fused-ring (bicyclic) bond motifs is 2. The average Bonchev–Trinajstić information content (AvgIpc) is 3.33. The van der Waals surface area contributed by atoms with Gasteiger partial charge >= 0.3 is 5.97 Å². The summed E-state index contributed by atoms with van der Waals surface area (Å²) in [7, 11) is 0. The zero-order valence-corrected chi connectivity index (χ0v) is 23.5. The highest BCUT2D eigenvalue weighted by atomic mass is 32.1. The Morgan fingerprint density at radius 2 is 1.88 bits per heavy atom. The molecule has 7 nitrogen and oxygen atoms in total. The van der Waals surface area contributed by atoms with Crippen molar-refractivity contribution in [2.24, 2.45) is 11.3 Å². The Morgan fingerprint density at radius 3 is 2.68 bits per heavy atom. The average molecular weight is 561 g/mol. The summed E-state index contributed by atoms with van der Waals surface area (Å²) in [6.45, 7) is 4.93. The van der Waals surface area contributed by atoms with Crippen LogP contribution in [0, 0.1) is 11.3 Å². The molecule has 1 aliphatic carbocycles. The van der Waals surface area contributed by atoms with E-state index in [4.69, 9.17) is 14.7 Å². The number of thiazole rings is 1. The highest BCUT2D eigenvalue weighted by Crippen LogP contribution is 2.64. The number of pyridine rings is 1. The van der Waals surface area contributed by atoms with Gasteiger partial charge in [0.05, 0.1) is 39.4 Å². The van der Waals surface area contributed by atoms with E-state index >= 15 is 0 Å². The molecule has 0 radical (unpaired) electrons. The normalized spacial score (nSPS) is 17.6. The molecular weight excluding hydrogens is 532 g/mol. The molecule has 7 rings (SSSR count). The SMILES string of the molecule is CC1(C)[C@H](C(=O)O)[C@@H]1c1nc2cc(OCc3ccc4ccccc4n3)ccc2n1Cc1cccc(-c2cscn2)c1. The molecule has 0 unspecified atom stereocenters. The maximum atomic E-state index is 12.1. The molecule has 3 heterocycles. The topological polar surface area (TPSA) is 90.1 Å². The fraction of sp³-hybridized carbons (Fsp3) is 0.212. The van der Waals surface area contributed by atoms with Gasteiger partial charge < -0.3 is 14.4 Å². The van der Waals surface area contributed by atoms with E-state index in [0.29, 0.717) is 18.9 Å². The lowest BCUT2D eigenvalue weighted by Gasteiger charge is -2.12. The van der Waals surface area contributed by atoms with Crippen LogP contribution in [0.4, 0.5) is 0 Å². The van der Waals surface area contributed by atoms with Crippen LogP contribution in [0.15, 0.2) is 89.8 Å². The Labute approximate surface area is 241 Å². The molecule has 0 amide bonds. The number of aromatic nitrogens is 4. The van der Waals surface area contributed by atoms with E-state index in [1.165, 1.54) is 0 Å². The van der Waals surface area contributed by atoms with E-state index < -0.39 is 11.9 Å². The summed E-state index contributed by atoms with van der Waals surface area (Å²) in [5.74, 6) is 0.0503. The molecule has 1 saturated carbocycles. The number of imidazole rings is 1. The van der Waals surface area contributed by atoms with Crippen LogP contribution in [-0.2, 0) is 17.9 Å². The zero-order valence-electron chi connectivity index (χ0n) is 22.7. The van der Waals surface area contributed by atoms with Crippen LogP contribution in [0.3, 0.4) is 0 Å². The fourth-order valence-corrected chi connectivity index (χ4v) is 6.48. The molecule has 3 aromatic carbocycles. The van der Waals surface area contributed by atoms with Crippen molar-refractivity contribution in [2.45, 2.75) is 32.9 Å². The van der Waals surface area contributed by atoms with E-state index in [1.54, 1.807) is 11.3 Å². The predicted octanol–water partition coefficient (Wildman–Crippen LogP) is 7.16. The molecule has 8 heteroatoms. The molecule has 0 saturated heterocycles. The van der Waals surface area contributed by atoms with Crippen molar-refractivity contribution in [3.05, 3.63) is 107 Å². The third-order valence-corrected chi connectivity index (χ3v) is 8.75. The van der Waals surface area contributed by atoms with Gasteiger partial charge in [-0.2, -0.15) is 0 Å². The first-order valence-corrected chi connectivity index (χ1v) is 14.5. The van der Waals surface area contributed by atoms with Crippen LogP contribution in [0.2, 0.25) is 0 Å². The van der Waals surface area contributed by atoms with Crippen molar-refractivity contribution < 1.29 is 14.6 Å². The van der Waals surface area contributed by atoms with Gasteiger partial charge in [0.15, 0.2) is 0 Å². The van der Waals surface area contributed by atoms with Gasteiger partial charge in [0.1, 0.15) is 18.2 Å².